The first-order valence-electron chi connectivity index (χ1n) is 4.59. The summed E-state index contributed by atoms with van der Waals surface area (Å²) in [5.41, 5.74) is 1.27. The average Bonchev–Trinajstić information content (AvgIpc) is 2.15. The van der Waals surface area contributed by atoms with E-state index in [0.717, 1.165) is 17.6 Å². The van der Waals surface area contributed by atoms with Gasteiger partial charge in [0.25, 0.3) is 0 Å². The minimum Gasteiger partial charge on any atom is -0.483 e. The lowest BCUT2D eigenvalue weighted by Gasteiger charge is -2.28. The molecule has 0 spiro atoms. The van der Waals surface area contributed by atoms with Gasteiger partial charge in [0.2, 0.25) is 0 Å². The molecule has 0 saturated carbocycles. The van der Waals surface area contributed by atoms with E-state index in [4.69, 9.17) is 4.74 Å². The highest BCUT2D eigenvalue weighted by Crippen LogP contribution is 2.32. The molecule has 1 aromatic carbocycles. The van der Waals surface area contributed by atoms with Crippen LogP contribution in [0.25, 0.3) is 6.08 Å². The van der Waals surface area contributed by atoms with E-state index in [1.165, 1.54) is 0 Å². The van der Waals surface area contributed by atoms with Crippen LogP contribution in [0.15, 0.2) is 24.3 Å². The molecule has 0 bridgehead atoms. The fourth-order valence-corrected chi connectivity index (χ4v) is 1.53. The molecule has 0 saturated heterocycles. The van der Waals surface area contributed by atoms with E-state index in [9.17, 15) is 4.79 Å². The zero-order valence-electron chi connectivity index (χ0n) is 8.28. The van der Waals surface area contributed by atoms with Crippen molar-refractivity contribution in [3.05, 3.63) is 35.4 Å². The number of benzene rings is 1. The maximum absolute atomic E-state index is 10.8. The standard InChI is InChI=1S/C12H12O2/c1-12(2)7-6-10-9(8-13)4-3-5-11(10)14-12/h3-8H,1-2H3. The lowest BCUT2D eigenvalue weighted by atomic mass is 9.99. The smallest absolute Gasteiger partial charge is 0.150 e. The fourth-order valence-electron chi connectivity index (χ4n) is 1.53. The maximum atomic E-state index is 10.8. The first-order valence-corrected chi connectivity index (χ1v) is 4.59. The van der Waals surface area contributed by atoms with Gasteiger partial charge in [-0.3, -0.25) is 4.79 Å². The van der Waals surface area contributed by atoms with Gasteiger partial charge in [0.05, 0.1) is 0 Å². The summed E-state index contributed by atoms with van der Waals surface area (Å²) >= 11 is 0. The number of fused-ring (bicyclic) bond motifs is 1. The van der Waals surface area contributed by atoms with Gasteiger partial charge in [-0.25, -0.2) is 0 Å². The third-order valence-corrected chi connectivity index (χ3v) is 2.25. The van der Waals surface area contributed by atoms with Crippen LogP contribution in [-0.4, -0.2) is 11.9 Å². The normalized spacial score (nSPS) is 17.0. The Balaban J connectivity index is 2.55. The third-order valence-electron chi connectivity index (χ3n) is 2.25. The number of rotatable bonds is 1. The summed E-state index contributed by atoms with van der Waals surface area (Å²) in [5.74, 6) is 0.780. The van der Waals surface area contributed by atoms with Crippen LogP contribution in [0.5, 0.6) is 5.75 Å². The largest absolute Gasteiger partial charge is 0.483 e. The number of hydrogen-bond acceptors (Lipinski definition) is 2. The molecule has 1 aromatic rings. The SMILES string of the molecule is CC1(C)C=Cc2c(C=O)cccc2O1. The van der Waals surface area contributed by atoms with Crippen LogP contribution in [0.1, 0.15) is 29.8 Å². The lowest BCUT2D eigenvalue weighted by Crippen LogP contribution is -2.27. The molecule has 0 aromatic heterocycles. The molecular weight excluding hydrogens is 176 g/mol. The van der Waals surface area contributed by atoms with Crippen molar-refractivity contribution in [2.24, 2.45) is 0 Å². The highest BCUT2D eigenvalue weighted by atomic mass is 16.5. The first kappa shape index (κ1) is 9.00. The molecule has 1 heterocycles. The zero-order chi connectivity index (χ0) is 10.2. The van der Waals surface area contributed by atoms with Gasteiger partial charge in [-0.15, -0.1) is 0 Å². The Kier molecular flexibility index (Phi) is 1.92. The van der Waals surface area contributed by atoms with E-state index >= 15 is 0 Å². The van der Waals surface area contributed by atoms with E-state index in [0.29, 0.717) is 5.56 Å². The Morgan fingerprint density at radius 2 is 2.14 bits per heavy atom. The quantitative estimate of drug-likeness (QED) is 0.633. The predicted octanol–water partition coefficient (Wildman–Crippen LogP) is 2.68. The summed E-state index contributed by atoms with van der Waals surface area (Å²) in [7, 11) is 0. The van der Waals surface area contributed by atoms with Crippen molar-refractivity contribution in [2.45, 2.75) is 19.4 Å². The van der Waals surface area contributed by atoms with Crippen LogP contribution in [0.2, 0.25) is 0 Å². The summed E-state index contributed by atoms with van der Waals surface area (Å²) in [6.45, 7) is 3.97. The van der Waals surface area contributed by atoms with Gasteiger partial charge in [0, 0.05) is 11.1 Å². The summed E-state index contributed by atoms with van der Waals surface area (Å²) in [6, 6.07) is 5.50. The van der Waals surface area contributed by atoms with Crippen LogP contribution >= 0.6 is 0 Å². The van der Waals surface area contributed by atoms with Gasteiger partial charge in [-0.05, 0) is 26.0 Å². The monoisotopic (exact) mass is 188 g/mol. The van der Waals surface area contributed by atoms with Gasteiger partial charge in [-0.2, -0.15) is 0 Å². The average molecular weight is 188 g/mol. The summed E-state index contributed by atoms with van der Waals surface area (Å²) in [5, 5.41) is 0. The van der Waals surface area contributed by atoms with E-state index in [1.807, 2.05) is 38.1 Å². The Bertz CT molecular complexity index is 403. The second kappa shape index (κ2) is 2.98. The molecule has 0 aliphatic carbocycles. The molecule has 2 heteroatoms. The molecule has 0 radical (unpaired) electrons. The molecule has 1 aliphatic rings. The number of carbonyl (C=O) groups is 1. The minimum atomic E-state index is -0.283. The second-order valence-electron chi connectivity index (χ2n) is 3.92. The lowest BCUT2D eigenvalue weighted by molar-refractivity contribution is 0.112. The summed E-state index contributed by atoms with van der Waals surface area (Å²) in [4.78, 5) is 10.8. The molecule has 72 valence electrons. The van der Waals surface area contributed by atoms with Crippen LogP contribution < -0.4 is 4.74 Å². The van der Waals surface area contributed by atoms with Gasteiger partial charge in [0.15, 0.2) is 6.29 Å². The molecule has 2 rings (SSSR count). The molecular formula is C12H12O2. The Morgan fingerprint density at radius 3 is 2.86 bits per heavy atom. The van der Waals surface area contributed by atoms with Crippen molar-refractivity contribution in [2.75, 3.05) is 0 Å². The number of ether oxygens (including phenoxy) is 1. The molecule has 2 nitrogen and oxygen atoms in total. The molecule has 1 aliphatic heterocycles. The van der Waals surface area contributed by atoms with Gasteiger partial charge in [-0.1, -0.05) is 18.2 Å². The highest BCUT2D eigenvalue weighted by molar-refractivity contribution is 5.84. The van der Waals surface area contributed by atoms with Crippen molar-refractivity contribution >= 4 is 12.4 Å². The maximum Gasteiger partial charge on any atom is 0.150 e. The van der Waals surface area contributed by atoms with Gasteiger partial charge >= 0.3 is 0 Å². The van der Waals surface area contributed by atoms with Gasteiger partial charge in [0.1, 0.15) is 11.4 Å². The number of hydrogen-bond donors (Lipinski definition) is 0. The van der Waals surface area contributed by atoms with Crippen LogP contribution in [0.3, 0.4) is 0 Å². The van der Waals surface area contributed by atoms with E-state index in [-0.39, 0.29) is 5.60 Å². The predicted molar refractivity (Wildman–Crippen MR) is 55.6 cm³/mol. The van der Waals surface area contributed by atoms with Crippen LogP contribution in [-0.2, 0) is 0 Å². The molecule has 0 fully saturated rings. The van der Waals surface area contributed by atoms with E-state index < -0.39 is 0 Å². The third kappa shape index (κ3) is 1.43. The Morgan fingerprint density at radius 1 is 1.36 bits per heavy atom. The Labute approximate surface area is 83.2 Å². The van der Waals surface area contributed by atoms with Crippen molar-refractivity contribution in [1.82, 2.24) is 0 Å². The fraction of sp³-hybridized carbons (Fsp3) is 0.250. The zero-order valence-corrected chi connectivity index (χ0v) is 8.28. The highest BCUT2D eigenvalue weighted by Gasteiger charge is 2.22. The molecule has 14 heavy (non-hydrogen) atoms. The first-order chi connectivity index (χ1) is 6.62. The van der Waals surface area contributed by atoms with Crippen molar-refractivity contribution in [3.63, 3.8) is 0 Å². The van der Waals surface area contributed by atoms with Crippen LogP contribution in [0.4, 0.5) is 0 Å². The topological polar surface area (TPSA) is 26.3 Å². The molecule has 0 unspecified atom stereocenters. The Hall–Kier alpha value is -1.57. The minimum absolute atomic E-state index is 0.283. The number of aldehydes is 1. The van der Waals surface area contributed by atoms with Crippen molar-refractivity contribution in [3.8, 4) is 5.75 Å². The number of carbonyl (C=O) groups excluding carboxylic acids is 1. The summed E-state index contributed by atoms with van der Waals surface area (Å²) in [6.07, 6.45) is 4.76. The molecule has 0 atom stereocenters. The second-order valence-corrected chi connectivity index (χ2v) is 3.92. The summed E-state index contributed by atoms with van der Waals surface area (Å²) < 4.78 is 5.72. The molecule has 0 N–H and O–H groups in total. The molecule has 0 amide bonds. The van der Waals surface area contributed by atoms with Gasteiger partial charge < -0.3 is 4.74 Å². The van der Waals surface area contributed by atoms with E-state index in [2.05, 4.69) is 0 Å². The van der Waals surface area contributed by atoms with Crippen molar-refractivity contribution < 1.29 is 9.53 Å². The van der Waals surface area contributed by atoms with Crippen molar-refractivity contribution in [1.29, 1.82) is 0 Å². The van der Waals surface area contributed by atoms with Crippen LogP contribution in [0, 0.1) is 0 Å². The van der Waals surface area contributed by atoms with E-state index in [1.54, 1.807) is 6.07 Å².